The van der Waals surface area contributed by atoms with Crippen molar-refractivity contribution in [1.29, 1.82) is 0 Å². The number of fused-ring (bicyclic) bond motifs is 2. The van der Waals surface area contributed by atoms with Crippen molar-refractivity contribution in [2.24, 2.45) is 22.9 Å². The largest absolute Gasteiger partial charge is 0.422 e. The maximum absolute atomic E-state index is 13.5. The van der Waals surface area contributed by atoms with Crippen LogP contribution in [0.15, 0.2) is 48.5 Å². The van der Waals surface area contributed by atoms with Crippen LogP contribution < -0.4 is 27.7 Å². The normalized spacial score (nSPS) is 17.0. The van der Waals surface area contributed by atoms with E-state index in [2.05, 4.69) is 35.1 Å². The summed E-state index contributed by atoms with van der Waals surface area (Å²) in [5.41, 5.74) is 15.6. The van der Waals surface area contributed by atoms with Crippen molar-refractivity contribution in [3.8, 4) is 0 Å². The summed E-state index contributed by atoms with van der Waals surface area (Å²) in [7, 11) is 1.41. The number of hydrogen-bond donors (Lipinski definition) is 4. The van der Waals surface area contributed by atoms with Crippen LogP contribution in [0.5, 0.6) is 0 Å². The van der Waals surface area contributed by atoms with Crippen molar-refractivity contribution in [1.82, 2.24) is 25.1 Å². The summed E-state index contributed by atoms with van der Waals surface area (Å²) in [6, 6.07) is 2.67. The highest BCUT2D eigenvalue weighted by molar-refractivity contribution is 6.15. The number of azide groups is 1. The van der Waals surface area contributed by atoms with Crippen LogP contribution in [0.25, 0.3) is 21.3 Å². The van der Waals surface area contributed by atoms with Gasteiger partial charge in [-0.2, -0.15) is 0 Å². The Kier molecular flexibility index (Phi) is 12.1. The first-order chi connectivity index (χ1) is 24.2. The van der Waals surface area contributed by atoms with Crippen LogP contribution in [0.2, 0.25) is 0 Å². The maximum atomic E-state index is 13.5. The van der Waals surface area contributed by atoms with Crippen molar-refractivity contribution in [2.45, 2.75) is 31.5 Å². The molecule has 266 valence electrons. The lowest BCUT2D eigenvalue weighted by Gasteiger charge is -2.24. The molecule has 4 heterocycles. The third-order valence-corrected chi connectivity index (χ3v) is 8.18. The number of aliphatic imine (C=N–C) groups is 1. The number of nitrogens with zero attached hydrogens (tertiary/aromatic N) is 6. The molecule has 0 spiro atoms. The van der Waals surface area contributed by atoms with Crippen LogP contribution in [0.1, 0.15) is 39.1 Å². The molecule has 19 heteroatoms. The van der Waals surface area contributed by atoms with Gasteiger partial charge in [0.05, 0.1) is 68.6 Å². The molecule has 2 atom stereocenters. The molecule has 5 N–H and O–H groups in total. The maximum Gasteiger partial charge on any atom is 0.422 e. The number of rotatable bonds is 17. The van der Waals surface area contributed by atoms with Gasteiger partial charge in [0.1, 0.15) is 17.7 Å². The van der Waals surface area contributed by atoms with Crippen molar-refractivity contribution in [3.05, 3.63) is 72.5 Å². The summed E-state index contributed by atoms with van der Waals surface area (Å²) in [6.07, 6.45) is 2.01. The molecule has 1 fully saturated rings. The molecule has 0 unspecified atom stereocenters. The third kappa shape index (κ3) is 8.63. The number of aromatic nitrogens is 2. The second kappa shape index (κ2) is 16.9. The van der Waals surface area contributed by atoms with Gasteiger partial charge in [0, 0.05) is 49.9 Å². The Labute approximate surface area is 284 Å². The van der Waals surface area contributed by atoms with Gasteiger partial charge >= 0.3 is 11.4 Å². The highest BCUT2D eigenvalue weighted by Crippen LogP contribution is 2.27. The van der Waals surface area contributed by atoms with E-state index in [1.54, 1.807) is 6.20 Å². The minimum atomic E-state index is -0.908. The zero-order valence-electron chi connectivity index (χ0n) is 27.4. The molecule has 1 aromatic carbocycles. The summed E-state index contributed by atoms with van der Waals surface area (Å²) < 4.78 is 22.4. The van der Waals surface area contributed by atoms with Crippen molar-refractivity contribution in [2.75, 3.05) is 59.3 Å². The average molecular weight is 695 g/mol. The van der Waals surface area contributed by atoms with E-state index in [4.69, 9.17) is 25.5 Å². The van der Waals surface area contributed by atoms with E-state index in [0.29, 0.717) is 63.3 Å². The number of ketones is 1. The van der Waals surface area contributed by atoms with Crippen molar-refractivity contribution >= 4 is 40.2 Å². The fraction of sp³-hybridized carbons (Fsp3) is 0.484. The number of ether oxygens (including phenoxy) is 3. The highest BCUT2D eigenvalue weighted by Gasteiger charge is 2.39. The lowest BCUT2D eigenvalue weighted by atomic mass is 10.0. The van der Waals surface area contributed by atoms with E-state index in [1.807, 2.05) is 0 Å². The van der Waals surface area contributed by atoms with E-state index in [-0.39, 0.29) is 54.8 Å². The number of likely N-dealkylation sites (tertiary alicyclic amines) is 1. The number of nitrogens with two attached hydrogens (primary N) is 1. The number of H-pyrrole nitrogens is 1. The van der Waals surface area contributed by atoms with Gasteiger partial charge in [-0.3, -0.25) is 19.0 Å². The SMILES string of the molecule is Cn1c(=O)oc(=O)c2ccc(C(=O)N3C[C@@H](N=[N+]=[N-])C[C@H]3C(=O)NCCOCCOCCOCCNCc3c[nH]c4c3C(=O)CC(N)=N4)cc21. The topological polar surface area (TPSA) is 261 Å². The molecular weight excluding hydrogens is 656 g/mol. The summed E-state index contributed by atoms with van der Waals surface area (Å²) in [5.74, 6) is -1.07. The molecule has 0 radical (unpaired) electrons. The van der Waals surface area contributed by atoms with Crippen LogP contribution in [0.3, 0.4) is 0 Å². The molecule has 0 bridgehead atoms. The van der Waals surface area contributed by atoms with E-state index in [9.17, 15) is 24.0 Å². The zero-order valence-corrected chi connectivity index (χ0v) is 27.4. The average Bonchev–Trinajstić information content (AvgIpc) is 3.71. The van der Waals surface area contributed by atoms with Crippen molar-refractivity contribution < 1.29 is 33.0 Å². The molecule has 2 aliphatic heterocycles. The molecule has 2 aliphatic rings. The summed E-state index contributed by atoms with van der Waals surface area (Å²) in [6.45, 7) is 3.32. The zero-order chi connectivity index (χ0) is 35.6. The third-order valence-electron chi connectivity index (χ3n) is 8.18. The van der Waals surface area contributed by atoms with E-state index in [1.165, 1.54) is 30.1 Å². The molecule has 50 heavy (non-hydrogen) atoms. The van der Waals surface area contributed by atoms with Crippen LogP contribution in [0, 0.1) is 0 Å². The fourth-order valence-electron chi connectivity index (χ4n) is 5.73. The van der Waals surface area contributed by atoms with Gasteiger partial charge in [-0.25, -0.2) is 14.6 Å². The van der Waals surface area contributed by atoms with Gasteiger partial charge in [0.25, 0.3) is 5.91 Å². The number of benzene rings is 1. The minimum absolute atomic E-state index is 0.0203. The molecule has 3 aromatic rings. The number of carbonyl (C=O) groups is 3. The predicted molar refractivity (Wildman–Crippen MR) is 178 cm³/mol. The Bertz CT molecular complexity index is 1930. The standard InChI is InChI=1S/C31H38N10O9/c1-40-22-12-18(2-3-21(22)30(45)50-31(40)46)29(44)41-17-20(38-39-33)13-23(41)28(43)35-5-7-48-9-11-49-10-8-47-6-4-34-15-19-16-36-27-26(19)24(42)14-25(32)37-27/h2-3,12,16,20,23,34,36H,4-11,13-15,17H2,1H3,(H2,32,37)(H,35,43)/t20-,23-/m0/s1. The number of aromatic amines is 1. The van der Waals surface area contributed by atoms with Gasteiger partial charge < -0.3 is 44.9 Å². The Balaban J connectivity index is 0.958. The molecule has 0 aliphatic carbocycles. The van der Waals surface area contributed by atoms with Gasteiger partial charge in [0.15, 0.2) is 5.78 Å². The summed E-state index contributed by atoms with van der Waals surface area (Å²) in [4.78, 5) is 74.1. The van der Waals surface area contributed by atoms with E-state index < -0.39 is 35.3 Å². The summed E-state index contributed by atoms with van der Waals surface area (Å²) >= 11 is 0. The number of carbonyl (C=O) groups excluding carboxylic acids is 3. The Morgan fingerprint density at radius 3 is 2.58 bits per heavy atom. The van der Waals surface area contributed by atoms with Gasteiger partial charge in [-0.1, -0.05) is 5.11 Å². The van der Waals surface area contributed by atoms with Crippen molar-refractivity contribution in [3.63, 3.8) is 0 Å². The summed E-state index contributed by atoms with van der Waals surface area (Å²) in [5, 5.41) is 9.81. The minimum Gasteiger partial charge on any atom is -0.387 e. The van der Waals surface area contributed by atoms with Gasteiger partial charge in [-0.05, 0) is 35.7 Å². The molecule has 5 rings (SSSR count). The van der Waals surface area contributed by atoms with Crippen LogP contribution in [-0.2, 0) is 32.6 Å². The number of nitrogens with one attached hydrogen (secondary N) is 3. The molecule has 1 saturated heterocycles. The number of aryl methyl sites for hydroxylation is 1. The first-order valence-corrected chi connectivity index (χ1v) is 15.9. The quantitative estimate of drug-likeness (QED) is 0.0644. The second-order valence-electron chi connectivity index (χ2n) is 11.6. The smallest absolute Gasteiger partial charge is 0.387 e. The number of amidine groups is 1. The fourth-order valence-corrected chi connectivity index (χ4v) is 5.73. The molecule has 2 amide bonds. The lowest BCUT2D eigenvalue weighted by molar-refractivity contribution is -0.125. The van der Waals surface area contributed by atoms with Crippen LogP contribution in [0.4, 0.5) is 5.82 Å². The number of Topliss-reactive ketones (excluding diaryl/α,β-unsaturated/α-hetero) is 1. The Hall–Kier alpha value is -5.33. The van der Waals surface area contributed by atoms with Gasteiger partial charge in [0.2, 0.25) is 5.91 Å². The second-order valence-corrected chi connectivity index (χ2v) is 11.6. The number of amides is 2. The van der Waals surface area contributed by atoms with Crippen LogP contribution in [-0.4, -0.2) is 109 Å². The predicted octanol–water partition coefficient (Wildman–Crippen LogP) is 0.244. The molecular formula is C31H38N10O9. The van der Waals surface area contributed by atoms with Gasteiger partial charge in [-0.15, -0.1) is 0 Å². The molecule has 2 aromatic heterocycles. The highest BCUT2D eigenvalue weighted by atomic mass is 16.5. The first kappa shape index (κ1) is 36.0. The van der Waals surface area contributed by atoms with E-state index in [0.717, 1.165) is 10.1 Å². The van der Waals surface area contributed by atoms with E-state index >= 15 is 0 Å². The molecule has 19 nitrogen and oxygen atoms in total. The van der Waals surface area contributed by atoms with Crippen LogP contribution >= 0.6 is 0 Å². The number of hydrogen-bond acceptors (Lipinski definition) is 13. The first-order valence-electron chi connectivity index (χ1n) is 15.9. The Morgan fingerprint density at radius 2 is 1.84 bits per heavy atom. The monoisotopic (exact) mass is 694 g/mol. The molecule has 0 saturated carbocycles. The lowest BCUT2D eigenvalue weighted by Crippen LogP contribution is -2.46. The Morgan fingerprint density at radius 1 is 1.12 bits per heavy atom.